The van der Waals surface area contributed by atoms with Crippen molar-refractivity contribution in [3.63, 3.8) is 0 Å². The van der Waals surface area contributed by atoms with Gasteiger partial charge in [-0.2, -0.15) is 0 Å². The van der Waals surface area contributed by atoms with E-state index in [1.54, 1.807) is 13.0 Å². The molecule has 220 valence electrons. The Morgan fingerprint density at radius 3 is 1.77 bits per heavy atom. The van der Waals surface area contributed by atoms with E-state index in [9.17, 15) is 19.2 Å². The van der Waals surface area contributed by atoms with Crippen LogP contribution < -0.4 is 15.2 Å². The molecule has 0 saturated heterocycles. The first-order chi connectivity index (χ1) is 18.3. The zero-order chi connectivity index (χ0) is 29.5. The zero-order valence-corrected chi connectivity index (χ0v) is 23.7. The minimum atomic E-state index is -1.10. The molecule has 0 heterocycles. The normalized spacial score (nSPS) is 13.2. The number of carbonyl (C=O) groups excluding carboxylic acids is 4. The number of methoxy groups -OCH3 is 1. The molecule has 0 fully saturated rings. The number of hydrogen-bond acceptors (Lipinski definition) is 12. The van der Waals surface area contributed by atoms with Crippen LogP contribution in [0, 0.1) is 11.8 Å². The van der Waals surface area contributed by atoms with Gasteiger partial charge in [-0.15, -0.1) is 0 Å². The summed E-state index contributed by atoms with van der Waals surface area (Å²) in [7, 11) is 1.16. The van der Waals surface area contributed by atoms with Crippen LogP contribution in [0.15, 0.2) is 18.2 Å². The number of rotatable bonds is 14. The average Bonchev–Trinajstić information content (AvgIpc) is 2.84. The molecule has 0 aliphatic heterocycles. The second-order valence-electron chi connectivity index (χ2n) is 9.78. The molecule has 0 spiro atoms. The fourth-order valence-corrected chi connectivity index (χ4v) is 2.84. The molecule has 12 nitrogen and oxygen atoms in total. The molecule has 39 heavy (non-hydrogen) atoms. The van der Waals surface area contributed by atoms with E-state index >= 15 is 0 Å². The molecule has 0 aliphatic rings. The molecular weight excluding hydrogens is 514 g/mol. The highest BCUT2D eigenvalue weighted by atomic mass is 16.7. The maximum Gasteiger partial charge on any atom is 0.513 e. The van der Waals surface area contributed by atoms with Crippen molar-refractivity contribution < 1.29 is 52.3 Å². The van der Waals surface area contributed by atoms with Gasteiger partial charge in [-0.25, -0.2) is 14.4 Å². The number of nitrogens with two attached hydrogens (primary N) is 1. The topological polar surface area (TPSA) is 159 Å². The first-order valence-corrected chi connectivity index (χ1v) is 12.8. The van der Waals surface area contributed by atoms with Crippen LogP contribution in [0.25, 0.3) is 0 Å². The zero-order valence-electron chi connectivity index (χ0n) is 23.7. The number of ether oxygens (including phenoxy) is 7. The van der Waals surface area contributed by atoms with Gasteiger partial charge in [0.2, 0.25) is 0 Å². The number of hydrogen-bond donors (Lipinski definition) is 1. The van der Waals surface area contributed by atoms with Gasteiger partial charge in [0.15, 0.2) is 11.5 Å². The van der Waals surface area contributed by atoms with Crippen LogP contribution in [0.4, 0.5) is 14.4 Å². The molecule has 1 aromatic carbocycles. The average molecular weight is 556 g/mol. The largest absolute Gasteiger partial charge is 0.513 e. The van der Waals surface area contributed by atoms with Gasteiger partial charge in [-0.3, -0.25) is 4.79 Å². The van der Waals surface area contributed by atoms with Gasteiger partial charge in [0.1, 0.15) is 18.2 Å². The van der Waals surface area contributed by atoms with Crippen LogP contribution in [-0.4, -0.2) is 63.0 Å². The third kappa shape index (κ3) is 13.7. The predicted octanol–water partition coefficient (Wildman–Crippen LogP) is 4.78. The molecule has 1 aromatic rings. The maximum atomic E-state index is 12.5. The summed E-state index contributed by atoms with van der Waals surface area (Å²) < 4.78 is 35.3. The highest BCUT2D eigenvalue weighted by molar-refractivity contribution is 5.76. The van der Waals surface area contributed by atoms with Crippen molar-refractivity contribution in [3.05, 3.63) is 23.8 Å². The number of esters is 1. The third-order valence-electron chi connectivity index (χ3n) is 5.40. The fourth-order valence-electron chi connectivity index (χ4n) is 2.84. The molecule has 0 radical (unpaired) electrons. The quantitative estimate of drug-likeness (QED) is 0.190. The molecule has 2 N–H and O–H groups in total. The Morgan fingerprint density at radius 2 is 1.26 bits per heavy atom. The molecule has 12 heteroatoms. The predicted molar refractivity (Wildman–Crippen MR) is 139 cm³/mol. The summed E-state index contributed by atoms with van der Waals surface area (Å²) in [5, 5.41) is 0. The minimum absolute atomic E-state index is 0.00430. The van der Waals surface area contributed by atoms with E-state index in [0.717, 1.165) is 7.11 Å². The second kappa shape index (κ2) is 17.1. The summed E-state index contributed by atoms with van der Waals surface area (Å²) in [4.78, 5) is 48.1. The van der Waals surface area contributed by atoms with E-state index in [0.29, 0.717) is 30.2 Å². The maximum absolute atomic E-state index is 12.5. The van der Waals surface area contributed by atoms with Crippen LogP contribution in [0.5, 0.6) is 11.5 Å². The Bertz CT molecular complexity index is 948. The summed E-state index contributed by atoms with van der Waals surface area (Å²) >= 11 is 0. The van der Waals surface area contributed by atoms with Crippen molar-refractivity contribution in [1.29, 1.82) is 0 Å². The third-order valence-corrected chi connectivity index (χ3v) is 5.40. The van der Waals surface area contributed by atoms with Crippen molar-refractivity contribution in [2.75, 3.05) is 20.3 Å². The monoisotopic (exact) mass is 555 g/mol. The van der Waals surface area contributed by atoms with Gasteiger partial charge in [-0.05, 0) is 62.6 Å². The Kier molecular flexibility index (Phi) is 14.7. The summed E-state index contributed by atoms with van der Waals surface area (Å²) in [6.07, 6.45) is -3.13. The molecular formula is C27H41NO11. The van der Waals surface area contributed by atoms with Crippen molar-refractivity contribution in [2.24, 2.45) is 17.6 Å². The van der Waals surface area contributed by atoms with E-state index < -0.39 is 42.7 Å². The van der Waals surface area contributed by atoms with Crippen molar-refractivity contribution in [1.82, 2.24) is 0 Å². The van der Waals surface area contributed by atoms with E-state index in [1.807, 2.05) is 27.7 Å². The standard InChI is InChI=1S/C27H41NO11/c1-16(2)10-12-34-26(31)38-22-9-8-20(15-23(22)39-27(32)35-13-11-17(3)4)14-21(28)24(29)36-18(5)19(6)37-25(30)33-7/h8-9,15-19,21H,10-14,28H2,1-7H3/t18-,19?,21-/m0/s1. The van der Waals surface area contributed by atoms with E-state index in [4.69, 9.17) is 34.2 Å². The first-order valence-electron chi connectivity index (χ1n) is 12.8. The van der Waals surface area contributed by atoms with Crippen LogP contribution in [-0.2, 0) is 34.9 Å². The van der Waals surface area contributed by atoms with Crippen molar-refractivity contribution in [3.8, 4) is 11.5 Å². The summed E-state index contributed by atoms with van der Waals surface area (Å²) in [6, 6.07) is 3.24. The molecule has 3 atom stereocenters. The summed E-state index contributed by atoms with van der Waals surface area (Å²) in [5.41, 5.74) is 6.51. The van der Waals surface area contributed by atoms with Gasteiger partial charge < -0.3 is 38.9 Å². The summed E-state index contributed by atoms with van der Waals surface area (Å²) in [6.45, 7) is 11.3. The molecule has 0 aliphatic carbocycles. The molecule has 0 aromatic heterocycles. The van der Waals surface area contributed by atoms with Gasteiger partial charge in [0.05, 0.1) is 20.3 Å². The van der Waals surface area contributed by atoms with Gasteiger partial charge >= 0.3 is 24.4 Å². The fraction of sp³-hybridized carbons (Fsp3) is 0.630. The molecule has 0 saturated carbocycles. The lowest BCUT2D eigenvalue weighted by molar-refractivity contribution is -0.155. The van der Waals surface area contributed by atoms with Crippen LogP contribution in [0.1, 0.15) is 59.9 Å². The van der Waals surface area contributed by atoms with E-state index in [-0.39, 0.29) is 31.1 Å². The van der Waals surface area contributed by atoms with Crippen LogP contribution in [0.2, 0.25) is 0 Å². The smallest absolute Gasteiger partial charge is 0.458 e. The van der Waals surface area contributed by atoms with Gasteiger partial charge in [-0.1, -0.05) is 33.8 Å². The second-order valence-corrected chi connectivity index (χ2v) is 9.78. The summed E-state index contributed by atoms with van der Waals surface area (Å²) in [5.74, 6) is -0.282. The highest BCUT2D eigenvalue weighted by Gasteiger charge is 2.25. The first kappa shape index (κ1) is 33.5. The lowest BCUT2D eigenvalue weighted by Gasteiger charge is -2.22. The van der Waals surface area contributed by atoms with Gasteiger partial charge in [0, 0.05) is 0 Å². The lowest BCUT2D eigenvalue weighted by Crippen LogP contribution is -2.39. The number of benzene rings is 1. The molecule has 1 unspecified atom stereocenters. The Morgan fingerprint density at radius 1 is 0.744 bits per heavy atom. The Labute approximate surface area is 229 Å². The molecule has 0 bridgehead atoms. The van der Waals surface area contributed by atoms with Crippen molar-refractivity contribution in [2.45, 2.75) is 79.1 Å². The number of carbonyl (C=O) groups is 4. The van der Waals surface area contributed by atoms with E-state index in [1.165, 1.54) is 19.1 Å². The Hall–Kier alpha value is -3.54. The van der Waals surface area contributed by atoms with E-state index in [2.05, 4.69) is 4.74 Å². The minimum Gasteiger partial charge on any atom is -0.458 e. The van der Waals surface area contributed by atoms with Crippen LogP contribution in [0.3, 0.4) is 0 Å². The SMILES string of the molecule is COC(=O)OC(C)[C@H](C)OC(=O)[C@@H](N)Cc1ccc(OC(=O)OCCC(C)C)c(OC(=O)OCCC(C)C)c1. The Balaban J connectivity index is 2.93. The highest BCUT2D eigenvalue weighted by Crippen LogP contribution is 2.30. The van der Waals surface area contributed by atoms with Crippen molar-refractivity contribution >= 4 is 24.4 Å². The molecule has 0 amide bonds. The lowest BCUT2D eigenvalue weighted by atomic mass is 10.1. The van der Waals surface area contributed by atoms with Gasteiger partial charge in [0.25, 0.3) is 0 Å². The van der Waals surface area contributed by atoms with Crippen LogP contribution >= 0.6 is 0 Å². The molecule has 1 rings (SSSR count).